The smallest absolute Gasteiger partial charge is 0.0741 e. The van der Waals surface area contributed by atoms with Crippen LogP contribution >= 0.6 is 54.8 Å². The molecule has 0 N–H and O–H groups in total. The summed E-state index contributed by atoms with van der Waals surface area (Å²) in [6, 6.07) is 10.2. The molecule has 0 saturated heterocycles. The molecule has 0 saturated carbocycles. The monoisotopic (exact) mass is 378 g/mol. The van der Waals surface area contributed by atoms with Crippen LogP contribution in [0, 0.1) is 6.92 Å². The molecule has 1 unspecified atom stereocenters. The minimum atomic E-state index is 0.211. The number of thiophene rings is 1. The second kappa shape index (κ2) is 5.21. The average Bonchev–Trinajstić information content (AvgIpc) is 2.67. The first-order valence-electron chi connectivity index (χ1n) is 4.73. The molecule has 0 aliphatic carbocycles. The van der Waals surface area contributed by atoms with E-state index in [9.17, 15) is 0 Å². The molecule has 1 heterocycles. The van der Waals surface area contributed by atoms with Crippen LogP contribution < -0.4 is 0 Å². The molecule has 4 heteroatoms. The van der Waals surface area contributed by atoms with Crippen LogP contribution in [0.3, 0.4) is 0 Å². The zero-order valence-corrected chi connectivity index (χ0v) is 13.3. The summed E-state index contributed by atoms with van der Waals surface area (Å²) >= 11 is 15.0. The second-order valence-electron chi connectivity index (χ2n) is 3.51. The highest BCUT2D eigenvalue weighted by Gasteiger charge is 2.14. The van der Waals surface area contributed by atoms with Crippen LogP contribution in [-0.2, 0) is 0 Å². The van der Waals surface area contributed by atoms with E-state index in [1.54, 1.807) is 11.3 Å². The van der Waals surface area contributed by atoms with Gasteiger partial charge in [-0.15, -0.1) is 11.3 Å². The van der Waals surface area contributed by atoms with E-state index in [2.05, 4.69) is 57.0 Å². The molecule has 1 aromatic carbocycles. The first-order valence-corrected chi connectivity index (χ1v) is 7.63. The highest BCUT2D eigenvalue weighted by Crippen LogP contribution is 2.38. The van der Waals surface area contributed by atoms with Crippen molar-refractivity contribution in [3.8, 4) is 0 Å². The summed E-state index contributed by atoms with van der Waals surface area (Å²) in [5, 5.41) is 0.778. The van der Waals surface area contributed by atoms with Gasteiger partial charge >= 0.3 is 0 Å². The Balaban J connectivity index is 2.40. The Bertz CT molecular complexity index is 507. The summed E-state index contributed by atoms with van der Waals surface area (Å²) < 4.78 is 1.15. The van der Waals surface area contributed by atoms with Gasteiger partial charge < -0.3 is 0 Å². The van der Waals surface area contributed by atoms with Gasteiger partial charge in [0, 0.05) is 9.90 Å². The van der Waals surface area contributed by atoms with Crippen molar-refractivity contribution in [1.29, 1.82) is 0 Å². The predicted molar refractivity (Wildman–Crippen MR) is 79.0 cm³/mol. The minimum absolute atomic E-state index is 0.211. The third-order valence-corrected chi connectivity index (χ3v) is 5.57. The van der Waals surface area contributed by atoms with Crippen molar-refractivity contribution < 1.29 is 0 Å². The normalized spacial score (nSPS) is 12.8. The maximum absolute atomic E-state index is 6.03. The molecule has 1 atom stereocenters. The summed E-state index contributed by atoms with van der Waals surface area (Å²) in [5.74, 6) is 0. The van der Waals surface area contributed by atoms with Gasteiger partial charge in [-0.1, -0.05) is 33.6 Å². The molecule has 1 aromatic heterocycles. The fraction of sp³-hybridized carbons (Fsp3) is 0.167. The summed E-state index contributed by atoms with van der Waals surface area (Å²) in [6.07, 6.45) is 0. The molecule has 0 nitrogen and oxygen atoms in total. The number of rotatable bonds is 2. The van der Waals surface area contributed by atoms with E-state index in [1.807, 2.05) is 12.1 Å². The maximum Gasteiger partial charge on any atom is 0.0741 e. The number of alkyl halides is 1. The van der Waals surface area contributed by atoms with Crippen LogP contribution in [0.4, 0.5) is 0 Å². The number of aryl methyl sites for hydroxylation is 1. The van der Waals surface area contributed by atoms with Crippen molar-refractivity contribution >= 4 is 54.8 Å². The Labute approximate surface area is 121 Å². The van der Waals surface area contributed by atoms with E-state index in [4.69, 9.17) is 11.6 Å². The first-order chi connectivity index (χ1) is 7.58. The fourth-order valence-corrected chi connectivity index (χ4v) is 4.03. The van der Waals surface area contributed by atoms with Gasteiger partial charge in [0.2, 0.25) is 0 Å². The van der Waals surface area contributed by atoms with E-state index < -0.39 is 0 Å². The summed E-state index contributed by atoms with van der Waals surface area (Å²) in [4.78, 5) is 1.49. The summed E-state index contributed by atoms with van der Waals surface area (Å²) in [5.41, 5.74) is 2.47. The number of hydrogen-bond donors (Lipinski definition) is 0. The van der Waals surface area contributed by atoms with Crippen molar-refractivity contribution in [3.05, 3.63) is 55.1 Å². The Kier molecular flexibility index (Phi) is 4.11. The first kappa shape index (κ1) is 12.6. The van der Waals surface area contributed by atoms with Crippen molar-refractivity contribution in [2.45, 2.75) is 11.8 Å². The van der Waals surface area contributed by atoms with Crippen molar-refractivity contribution in [1.82, 2.24) is 0 Å². The lowest BCUT2D eigenvalue weighted by Crippen LogP contribution is -1.93. The molecule has 0 aliphatic rings. The molecular weight excluding hydrogens is 371 g/mol. The fourth-order valence-electron chi connectivity index (χ4n) is 1.50. The van der Waals surface area contributed by atoms with E-state index >= 15 is 0 Å². The lowest BCUT2D eigenvalue weighted by Gasteiger charge is -2.11. The largest absolute Gasteiger partial charge is 0.132 e. The molecule has 0 spiro atoms. The summed E-state index contributed by atoms with van der Waals surface area (Å²) in [7, 11) is 0. The number of hydrogen-bond acceptors (Lipinski definition) is 1. The highest BCUT2D eigenvalue weighted by atomic mass is 79.9. The van der Waals surface area contributed by atoms with Gasteiger partial charge in [0.25, 0.3) is 0 Å². The Morgan fingerprint density at radius 3 is 2.62 bits per heavy atom. The molecule has 0 fully saturated rings. The molecule has 0 radical (unpaired) electrons. The van der Waals surface area contributed by atoms with Crippen molar-refractivity contribution in [3.63, 3.8) is 0 Å². The predicted octanol–water partition coefficient (Wildman–Crippen LogP) is 5.96. The molecule has 2 aromatic rings. The van der Waals surface area contributed by atoms with Crippen LogP contribution in [0.5, 0.6) is 0 Å². The Hall–Kier alpha value is 0.170. The maximum atomic E-state index is 6.03. The molecule has 0 amide bonds. The van der Waals surface area contributed by atoms with Crippen LogP contribution in [0.15, 0.2) is 34.1 Å². The van der Waals surface area contributed by atoms with E-state index in [0.29, 0.717) is 0 Å². The molecule has 84 valence electrons. The van der Waals surface area contributed by atoms with Gasteiger partial charge in [0.15, 0.2) is 0 Å². The third-order valence-electron chi connectivity index (χ3n) is 2.36. The SMILES string of the molecule is Cc1ccc(Cl)cc1C(Br)c1ccc(Br)s1. The van der Waals surface area contributed by atoms with E-state index in [1.165, 1.54) is 16.0 Å². The molecule has 0 aliphatic heterocycles. The molecule has 16 heavy (non-hydrogen) atoms. The van der Waals surface area contributed by atoms with Crippen LogP contribution in [0.25, 0.3) is 0 Å². The van der Waals surface area contributed by atoms with Gasteiger partial charge in [-0.05, 0) is 58.2 Å². The van der Waals surface area contributed by atoms with Crippen LogP contribution in [0.2, 0.25) is 5.02 Å². The highest BCUT2D eigenvalue weighted by molar-refractivity contribution is 9.11. The Morgan fingerprint density at radius 1 is 1.25 bits per heavy atom. The van der Waals surface area contributed by atoms with Gasteiger partial charge in [-0.3, -0.25) is 0 Å². The van der Waals surface area contributed by atoms with Gasteiger partial charge in [-0.25, -0.2) is 0 Å². The summed E-state index contributed by atoms with van der Waals surface area (Å²) in [6.45, 7) is 2.10. The topological polar surface area (TPSA) is 0 Å². The number of benzene rings is 1. The standard InChI is InChI=1S/C12H9Br2ClS/c1-7-2-3-8(15)6-9(7)12(14)10-4-5-11(13)16-10/h2-6,12H,1H3. The van der Waals surface area contributed by atoms with Gasteiger partial charge in [0.1, 0.15) is 0 Å². The lowest BCUT2D eigenvalue weighted by atomic mass is 10.1. The zero-order chi connectivity index (χ0) is 11.7. The quantitative estimate of drug-likeness (QED) is 0.564. The average molecular weight is 381 g/mol. The molecule has 0 bridgehead atoms. The van der Waals surface area contributed by atoms with Gasteiger partial charge in [0.05, 0.1) is 8.61 Å². The van der Waals surface area contributed by atoms with Crippen molar-refractivity contribution in [2.24, 2.45) is 0 Å². The molecule has 2 rings (SSSR count). The second-order valence-corrected chi connectivity index (χ2v) is 7.35. The van der Waals surface area contributed by atoms with Crippen molar-refractivity contribution in [2.75, 3.05) is 0 Å². The third kappa shape index (κ3) is 2.70. The van der Waals surface area contributed by atoms with E-state index in [-0.39, 0.29) is 4.83 Å². The lowest BCUT2D eigenvalue weighted by molar-refractivity contribution is 1.18. The number of halogens is 3. The zero-order valence-electron chi connectivity index (χ0n) is 8.51. The van der Waals surface area contributed by atoms with Gasteiger partial charge in [-0.2, -0.15) is 0 Å². The van der Waals surface area contributed by atoms with Crippen LogP contribution in [-0.4, -0.2) is 0 Å². The molecular formula is C12H9Br2ClS. The minimum Gasteiger partial charge on any atom is -0.132 e. The van der Waals surface area contributed by atoms with E-state index in [0.717, 1.165) is 8.81 Å². The Morgan fingerprint density at radius 2 is 2.00 bits per heavy atom. The van der Waals surface area contributed by atoms with Crippen LogP contribution in [0.1, 0.15) is 20.8 Å².